The van der Waals surface area contributed by atoms with Gasteiger partial charge in [-0.05, 0) is 24.3 Å². The molecule has 0 atom stereocenters. The SMILES string of the molecule is O=C(c1cccc(F)c1)c1ccc(Cl)cn1. The molecule has 0 fully saturated rings. The van der Waals surface area contributed by atoms with Crippen molar-refractivity contribution in [2.75, 3.05) is 0 Å². The van der Waals surface area contributed by atoms with E-state index in [2.05, 4.69) is 4.98 Å². The Balaban J connectivity index is 2.35. The zero-order valence-corrected chi connectivity index (χ0v) is 8.91. The van der Waals surface area contributed by atoms with Crippen LogP contribution in [0.3, 0.4) is 0 Å². The smallest absolute Gasteiger partial charge is 0.211 e. The summed E-state index contributed by atoms with van der Waals surface area (Å²) in [7, 11) is 0. The van der Waals surface area contributed by atoms with Gasteiger partial charge in [0.1, 0.15) is 11.5 Å². The second-order valence-electron chi connectivity index (χ2n) is 3.20. The van der Waals surface area contributed by atoms with E-state index in [0.29, 0.717) is 5.02 Å². The minimum Gasteiger partial charge on any atom is -0.287 e. The van der Waals surface area contributed by atoms with Crippen LogP contribution in [-0.2, 0) is 0 Å². The van der Waals surface area contributed by atoms with Crippen molar-refractivity contribution in [2.45, 2.75) is 0 Å². The highest BCUT2D eigenvalue weighted by molar-refractivity contribution is 6.30. The first-order chi connectivity index (χ1) is 7.66. The topological polar surface area (TPSA) is 30.0 Å². The molecule has 1 heterocycles. The summed E-state index contributed by atoms with van der Waals surface area (Å²) in [5, 5.41) is 0.454. The lowest BCUT2D eigenvalue weighted by molar-refractivity contribution is 0.103. The van der Waals surface area contributed by atoms with E-state index >= 15 is 0 Å². The monoisotopic (exact) mass is 235 g/mol. The summed E-state index contributed by atoms with van der Waals surface area (Å²) in [6, 6.07) is 8.57. The van der Waals surface area contributed by atoms with Crippen LogP contribution < -0.4 is 0 Å². The summed E-state index contributed by atoms with van der Waals surface area (Å²) in [6.07, 6.45) is 1.38. The first-order valence-electron chi connectivity index (χ1n) is 4.58. The van der Waals surface area contributed by atoms with Crippen LogP contribution in [0.2, 0.25) is 5.02 Å². The average molecular weight is 236 g/mol. The number of carbonyl (C=O) groups is 1. The molecule has 2 aromatic rings. The van der Waals surface area contributed by atoms with Crippen molar-refractivity contribution in [3.8, 4) is 0 Å². The zero-order chi connectivity index (χ0) is 11.5. The Morgan fingerprint density at radius 3 is 2.69 bits per heavy atom. The van der Waals surface area contributed by atoms with Crippen LogP contribution in [0, 0.1) is 5.82 Å². The van der Waals surface area contributed by atoms with Gasteiger partial charge in [0.15, 0.2) is 0 Å². The standard InChI is InChI=1S/C12H7ClFNO/c13-9-4-5-11(15-7-9)12(16)8-2-1-3-10(14)6-8/h1-7H. The van der Waals surface area contributed by atoms with E-state index in [1.54, 1.807) is 12.1 Å². The number of aromatic nitrogens is 1. The van der Waals surface area contributed by atoms with Gasteiger partial charge in [-0.15, -0.1) is 0 Å². The Kier molecular flexibility index (Phi) is 2.97. The molecule has 2 rings (SSSR count). The number of benzene rings is 1. The Morgan fingerprint density at radius 2 is 2.06 bits per heavy atom. The highest BCUT2D eigenvalue weighted by Crippen LogP contribution is 2.11. The lowest BCUT2D eigenvalue weighted by Gasteiger charge is -2.00. The highest BCUT2D eigenvalue weighted by atomic mass is 35.5. The molecule has 0 saturated heterocycles. The molecule has 0 aliphatic heterocycles. The van der Waals surface area contributed by atoms with Crippen LogP contribution in [0.15, 0.2) is 42.6 Å². The second kappa shape index (κ2) is 4.41. The van der Waals surface area contributed by atoms with Crippen molar-refractivity contribution < 1.29 is 9.18 Å². The maximum Gasteiger partial charge on any atom is 0.211 e. The predicted molar refractivity (Wildman–Crippen MR) is 59.1 cm³/mol. The molecule has 0 unspecified atom stereocenters. The molecule has 0 aliphatic rings. The molecule has 0 radical (unpaired) electrons. The molecule has 0 N–H and O–H groups in total. The van der Waals surface area contributed by atoms with Crippen molar-refractivity contribution in [1.29, 1.82) is 0 Å². The number of hydrogen-bond donors (Lipinski definition) is 0. The van der Waals surface area contributed by atoms with Gasteiger partial charge < -0.3 is 0 Å². The van der Waals surface area contributed by atoms with E-state index in [1.165, 1.54) is 30.5 Å². The molecule has 0 bridgehead atoms. The van der Waals surface area contributed by atoms with Gasteiger partial charge in [-0.25, -0.2) is 4.39 Å². The lowest BCUT2D eigenvalue weighted by Crippen LogP contribution is -2.03. The van der Waals surface area contributed by atoms with Gasteiger partial charge in [-0.2, -0.15) is 0 Å². The molecule has 0 spiro atoms. The largest absolute Gasteiger partial charge is 0.287 e. The summed E-state index contributed by atoms with van der Waals surface area (Å²) in [6.45, 7) is 0. The second-order valence-corrected chi connectivity index (χ2v) is 3.64. The summed E-state index contributed by atoms with van der Waals surface area (Å²) in [4.78, 5) is 15.7. The van der Waals surface area contributed by atoms with Gasteiger partial charge in [-0.1, -0.05) is 23.7 Å². The first kappa shape index (κ1) is 10.8. The maximum absolute atomic E-state index is 12.9. The minimum absolute atomic E-state index is 0.245. The third kappa shape index (κ3) is 2.25. The minimum atomic E-state index is -0.445. The van der Waals surface area contributed by atoms with Gasteiger partial charge in [0.2, 0.25) is 5.78 Å². The van der Waals surface area contributed by atoms with Crippen LogP contribution in [0.25, 0.3) is 0 Å². The van der Waals surface area contributed by atoms with E-state index < -0.39 is 5.82 Å². The van der Waals surface area contributed by atoms with Gasteiger partial charge >= 0.3 is 0 Å². The van der Waals surface area contributed by atoms with Crippen LogP contribution in [0.4, 0.5) is 4.39 Å². The maximum atomic E-state index is 12.9. The number of halogens is 2. The third-order valence-electron chi connectivity index (χ3n) is 2.05. The Morgan fingerprint density at radius 1 is 1.25 bits per heavy atom. The van der Waals surface area contributed by atoms with Crippen LogP contribution in [-0.4, -0.2) is 10.8 Å². The number of nitrogens with zero attached hydrogens (tertiary/aromatic N) is 1. The highest BCUT2D eigenvalue weighted by Gasteiger charge is 2.10. The normalized spacial score (nSPS) is 10.1. The molecule has 0 amide bonds. The quantitative estimate of drug-likeness (QED) is 0.749. The molecule has 0 saturated carbocycles. The molecular weight excluding hydrogens is 229 g/mol. The van der Waals surface area contributed by atoms with E-state index in [-0.39, 0.29) is 17.0 Å². The molecule has 0 aliphatic carbocycles. The van der Waals surface area contributed by atoms with Gasteiger partial charge in [0, 0.05) is 11.8 Å². The number of carbonyl (C=O) groups excluding carboxylic acids is 1. The van der Waals surface area contributed by atoms with Crippen molar-refractivity contribution in [1.82, 2.24) is 4.98 Å². The summed E-state index contributed by atoms with van der Waals surface area (Å²) in [5.41, 5.74) is 0.518. The average Bonchev–Trinajstić information content (AvgIpc) is 2.29. The van der Waals surface area contributed by atoms with Crippen molar-refractivity contribution in [3.63, 3.8) is 0 Å². The van der Waals surface area contributed by atoms with Gasteiger partial charge in [0.25, 0.3) is 0 Å². The molecule has 16 heavy (non-hydrogen) atoms. The predicted octanol–water partition coefficient (Wildman–Crippen LogP) is 3.11. The fraction of sp³-hybridized carbons (Fsp3) is 0. The fourth-order valence-electron chi connectivity index (χ4n) is 1.29. The molecule has 1 aromatic heterocycles. The molecule has 4 heteroatoms. The van der Waals surface area contributed by atoms with Crippen LogP contribution >= 0.6 is 11.6 Å². The van der Waals surface area contributed by atoms with Gasteiger partial charge in [-0.3, -0.25) is 9.78 Å². The van der Waals surface area contributed by atoms with Gasteiger partial charge in [0.05, 0.1) is 5.02 Å². The number of hydrogen-bond acceptors (Lipinski definition) is 2. The van der Waals surface area contributed by atoms with Crippen molar-refractivity contribution in [3.05, 3.63) is 64.7 Å². The van der Waals surface area contributed by atoms with Crippen LogP contribution in [0.5, 0.6) is 0 Å². The number of pyridine rings is 1. The molecule has 1 aromatic carbocycles. The summed E-state index contributed by atoms with van der Waals surface area (Å²) in [5.74, 6) is -0.768. The fourth-order valence-corrected chi connectivity index (χ4v) is 1.40. The van der Waals surface area contributed by atoms with Crippen molar-refractivity contribution in [2.24, 2.45) is 0 Å². The Labute approximate surface area is 96.7 Å². The van der Waals surface area contributed by atoms with Crippen LogP contribution in [0.1, 0.15) is 16.1 Å². The van der Waals surface area contributed by atoms with E-state index in [0.717, 1.165) is 0 Å². The summed E-state index contributed by atoms with van der Waals surface area (Å²) >= 11 is 5.65. The zero-order valence-electron chi connectivity index (χ0n) is 8.15. The number of rotatable bonds is 2. The molecule has 2 nitrogen and oxygen atoms in total. The lowest BCUT2D eigenvalue weighted by atomic mass is 10.1. The third-order valence-corrected chi connectivity index (χ3v) is 2.27. The first-order valence-corrected chi connectivity index (χ1v) is 4.96. The van der Waals surface area contributed by atoms with E-state index in [1.807, 2.05) is 0 Å². The Hall–Kier alpha value is -1.74. The molecule has 80 valence electrons. The summed E-state index contributed by atoms with van der Waals surface area (Å²) < 4.78 is 12.9. The Bertz CT molecular complexity index is 525. The van der Waals surface area contributed by atoms with Crippen molar-refractivity contribution >= 4 is 17.4 Å². The number of ketones is 1. The van der Waals surface area contributed by atoms with E-state index in [4.69, 9.17) is 11.6 Å². The molecular formula is C12H7ClFNO. The van der Waals surface area contributed by atoms with E-state index in [9.17, 15) is 9.18 Å².